The first-order chi connectivity index (χ1) is 7.59. The highest BCUT2D eigenvalue weighted by Gasteiger charge is 2.14. The zero-order chi connectivity index (χ0) is 11.7. The number of halogens is 2. The van der Waals surface area contributed by atoms with Gasteiger partial charge < -0.3 is 5.11 Å². The van der Waals surface area contributed by atoms with Crippen molar-refractivity contribution in [2.24, 2.45) is 0 Å². The van der Waals surface area contributed by atoms with E-state index in [4.69, 9.17) is 28.3 Å². The van der Waals surface area contributed by atoms with Crippen molar-refractivity contribution in [2.45, 2.75) is 0 Å². The summed E-state index contributed by atoms with van der Waals surface area (Å²) in [5.41, 5.74) is 1.57. The molecule has 16 heavy (non-hydrogen) atoms. The summed E-state index contributed by atoms with van der Waals surface area (Å²) >= 11 is 13.1. The quantitative estimate of drug-likeness (QED) is 0.879. The second-order valence-electron chi connectivity index (χ2n) is 3.13. The summed E-state index contributed by atoms with van der Waals surface area (Å²) in [7, 11) is 0. The molecule has 0 saturated carbocycles. The van der Waals surface area contributed by atoms with Crippen LogP contribution in [0.4, 0.5) is 0 Å². The zero-order valence-corrected chi connectivity index (χ0v) is 10.2. The lowest BCUT2D eigenvalue weighted by molar-refractivity contribution is 0.0698. The van der Waals surface area contributed by atoms with Gasteiger partial charge in [-0.15, -0.1) is 0 Å². The fourth-order valence-electron chi connectivity index (χ4n) is 1.38. The maximum atomic E-state index is 11.0. The topological polar surface area (TPSA) is 37.3 Å². The van der Waals surface area contributed by atoms with Crippen LogP contribution in [-0.4, -0.2) is 11.1 Å². The number of thiophene rings is 1. The summed E-state index contributed by atoms with van der Waals surface area (Å²) in [6.45, 7) is 0. The second kappa shape index (κ2) is 4.45. The molecule has 0 aliphatic rings. The van der Waals surface area contributed by atoms with Crippen molar-refractivity contribution in [1.29, 1.82) is 0 Å². The molecule has 1 heterocycles. The van der Waals surface area contributed by atoms with Gasteiger partial charge in [-0.25, -0.2) is 4.79 Å². The predicted molar refractivity (Wildman–Crippen MR) is 66.7 cm³/mol. The van der Waals surface area contributed by atoms with Crippen LogP contribution in [0.3, 0.4) is 0 Å². The first kappa shape index (κ1) is 11.5. The number of carbonyl (C=O) groups is 1. The minimum Gasteiger partial charge on any atom is -0.478 e. The molecule has 0 aliphatic carbocycles. The van der Waals surface area contributed by atoms with Crippen LogP contribution in [0.15, 0.2) is 29.0 Å². The van der Waals surface area contributed by atoms with Gasteiger partial charge in [0.15, 0.2) is 0 Å². The van der Waals surface area contributed by atoms with Crippen molar-refractivity contribution in [2.75, 3.05) is 0 Å². The molecule has 0 fully saturated rings. The van der Waals surface area contributed by atoms with E-state index in [1.165, 1.54) is 11.3 Å². The molecule has 0 aliphatic heterocycles. The third-order valence-electron chi connectivity index (χ3n) is 2.11. The number of hydrogen-bond acceptors (Lipinski definition) is 2. The molecule has 0 saturated heterocycles. The number of carboxylic acid groups (broad SMARTS) is 1. The highest BCUT2D eigenvalue weighted by atomic mass is 35.5. The Morgan fingerprint density at radius 2 is 1.94 bits per heavy atom. The molecule has 0 atom stereocenters. The van der Waals surface area contributed by atoms with Crippen LogP contribution in [0.2, 0.25) is 10.0 Å². The molecule has 0 bridgehead atoms. The Kier molecular flexibility index (Phi) is 3.19. The Hall–Kier alpha value is -1.03. The molecule has 82 valence electrons. The van der Waals surface area contributed by atoms with E-state index in [1.54, 1.807) is 29.0 Å². The largest absolute Gasteiger partial charge is 0.478 e. The van der Waals surface area contributed by atoms with Gasteiger partial charge in [0.2, 0.25) is 0 Å². The highest BCUT2D eigenvalue weighted by Crippen LogP contribution is 2.34. The highest BCUT2D eigenvalue weighted by molar-refractivity contribution is 7.08. The number of benzene rings is 1. The van der Waals surface area contributed by atoms with Crippen molar-refractivity contribution >= 4 is 40.5 Å². The van der Waals surface area contributed by atoms with Crippen molar-refractivity contribution in [3.63, 3.8) is 0 Å². The van der Waals surface area contributed by atoms with Crippen LogP contribution in [0.5, 0.6) is 0 Å². The lowest BCUT2D eigenvalue weighted by Crippen LogP contribution is -1.96. The van der Waals surface area contributed by atoms with Gasteiger partial charge in [0.1, 0.15) is 0 Å². The van der Waals surface area contributed by atoms with Gasteiger partial charge in [0.25, 0.3) is 0 Å². The second-order valence-corrected chi connectivity index (χ2v) is 4.72. The molecule has 0 amide bonds. The van der Waals surface area contributed by atoms with E-state index in [0.717, 1.165) is 0 Å². The average molecular weight is 273 g/mol. The Morgan fingerprint density at radius 3 is 2.56 bits per heavy atom. The zero-order valence-electron chi connectivity index (χ0n) is 7.91. The number of rotatable bonds is 2. The van der Waals surface area contributed by atoms with E-state index in [2.05, 4.69) is 0 Å². The molecule has 1 aromatic heterocycles. The standard InChI is InChI=1S/C11H6Cl2O2S/c12-6-1-2-7(10(13)3-6)8-4-16-5-9(8)11(14)15/h1-5H,(H,14,15). The van der Waals surface area contributed by atoms with Crippen LogP contribution in [0.1, 0.15) is 10.4 Å². The predicted octanol–water partition coefficient (Wildman–Crippen LogP) is 4.42. The molecule has 2 rings (SSSR count). The number of carboxylic acids is 1. The summed E-state index contributed by atoms with van der Waals surface area (Å²) in [5, 5.41) is 13.3. The van der Waals surface area contributed by atoms with E-state index in [-0.39, 0.29) is 5.56 Å². The minimum atomic E-state index is -0.956. The monoisotopic (exact) mass is 272 g/mol. The molecule has 2 aromatic rings. The first-order valence-corrected chi connectivity index (χ1v) is 6.04. The summed E-state index contributed by atoms with van der Waals surface area (Å²) in [6.07, 6.45) is 0. The minimum absolute atomic E-state index is 0.259. The molecule has 5 heteroatoms. The normalized spacial score (nSPS) is 10.4. The lowest BCUT2D eigenvalue weighted by atomic mass is 10.1. The number of aromatic carboxylic acids is 1. The SMILES string of the molecule is O=C(O)c1cscc1-c1ccc(Cl)cc1Cl. The fraction of sp³-hybridized carbons (Fsp3) is 0. The van der Waals surface area contributed by atoms with E-state index >= 15 is 0 Å². The van der Waals surface area contributed by atoms with E-state index in [0.29, 0.717) is 21.2 Å². The van der Waals surface area contributed by atoms with E-state index in [1.807, 2.05) is 0 Å². The third-order valence-corrected chi connectivity index (χ3v) is 3.41. The van der Waals surface area contributed by atoms with Crippen LogP contribution < -0.4 is 0 Å². The Balaban J connectivity index is 2.59. The van der Waals surface area contributed by atoms with Gasteiger partial charge in [-0.3, -0.25) is 0 Å². The average Bonchev–Trinajstić information content (AvgIpc) is 2.66. The van der Waals surface area contributed by atoms with Crippen molar-refractivity contribution in [1.82, 2.24) is 0 Å². The molecule has 0 radical (unpaired) electrons. The van der Waals surface area contributed by atoms with Crippen LogP contribution >= 0.6 is 34.5 Å². The maximum Gasteiger partial charge on any atom is 0.337 e. The van der Waals surface area contributed by atoms with Crippen molar-refractivity contribution in [3.05, 3.63) is 44.6 Å². The maximum absolute atomic E-state index is 11.0. The van der Waals surface area contributed by atoms with E-state index in [9.17, 15) is 4.79 Å². The molecule has 0 spiro atoms. The molecule has 2 nitrogen and oxygen atoms in total. The smallest absolute Gasteiger partial charge is 0.337 e. The van der Waals surface area contributed by atoms with Crippen LogP contribution in [0.25, 0.3) is 11.1 Å². The molecular formula is C11H6Cl2O2S. The van der Waals surface area contributed by atoms with Gasteiger partial charge in [0.05, 0.1) is 5.56 Å². The molecule has 1 aromatic carbocycles. The number of hydrogen-bond donors (Lipinski definition) is 1. The van der Waals surface area contributed by atoms with Gasteiger partial charge in [-0.2, -0.15) is 11.3 Å². The molecule has 1 N–H and O–H groups in total. The van der Waals surface area contributed by atoms with Crippen molar-refractivity contribution < 1.29 is 9.90 Å². The molecular weight excluding hydrogens is 267 g/mol. The van der Waals surface area contributed by atoms with E-state index < -0.39 is 5.97 Å². The summed E-state index contributed by atoms with van der Waals surface area (Å²) in [6, 6.07) is 5.01. The van der Waals surface area contributed by atoms with Gasteiger partial charge in [-0.05, 0) is 17.5 Å². The van der Waals surface area contributed by atoms with Crippen molar-refractivity contribution in [3.8, 4) is 11.1 Å². The summed E-state index contributed by atoms with van der Waals surface area (Å²) in [4.78, 5) is 11.0. The Morgan fingerprint density at radius 1 is 1.19 bits per heavy atom. The fourth-order valence-corrected chi connectivity index (χ4v) is 2.71. The van der Waals surface area contributed by atoms with Gasteiger partial charge in [-0.1, -0.05) is 29.3 Å². The van der Waals surface area contributed by atoms with Gasteiger partial charge >= 0.3 is 5.97 Å². The summed E-state index contributed by atoms with van der Waals surface area (Å²) < 4.78 is 0. The summed E-state index contributed by atoms with van der Waals surface area (Å²) in [5.74, 6) is -0.956. The third kappa shape index (κ3) is 2.07. The van der Waals surface area contributed by atoms with Crippen LogP contribution in [-0.2, 0) is 0 Å². The Bertz CT molecular complexity index is 549. The molecule has 0 unspecified atom stereocenters. The first-order valence-electron chi connectivity index (χ1n) is 4.34. The lowest BCUT2D eigenvalue weighted by Gasteiger charge is -2.04. The van der Waals surface area contributed by atoms with Gasteiger partial charge in [0, 0.05) is 26.6 Å². The Labute approximate surface area is 106 Å². The van der Waals surface area contributed by atoms with Crippen LogP contribution in [0, 0.1) is 0 Å².